The van der Waals surface area contributed by atoms with Crippen LogP contribution < -0.4 is 5.32 Å². The molecule has 0 atom stereocenters. The fourth-order valence-corrected chi connectivity index (χ4v) is 3.28. The highest BCUT2D eigenvalue weighted by molar-refractivity contribution is 7.15. The summed E-state index contributed by atoms with van der Waals surface area (Å²) in [7, 11) is 0. The maximum absolute atomic E-state index is 13.8. The number of hydrogen-bond donors (Lipinski definition) is 2. The molecule has 1 aromatic carbocycles. The van der Waals surface area contributed by atoms with E-state index >= 15 is 0 Å². The number of hydrogen-bond acceptors (Lipinski definition) is 5. The lowest BCUT2D eigenvalue weighted by Gasteiger charge is -1.96. The number of thiophene rings is 1. The Morgan fingerprint density at radius 3 is 2.85 bits per heavy atom. The maximum Gasteiger partial charge on any atom is 0.279 e. The van der Waals surface area contributed by atoms with Crippen molar-refractivity contribution in [1.82, 2.24) is 15.4 Å². The third kappa shape index (κ3) is 3.14. The molecule has 4 aromatic rings. The first-order chi connectivity index (χ1) is 12.6. The van der Waals surface area contributed by atoms with Gasteiger partial charge in [-0.05, 0) is 31.2 Å². The second-order valence-corrected chi connectivity index (χ2v) is 6.88. The van der Waals surface area contributed by atoms with E-state index in [2.05, 4.69) is 20.7 Å². The molecule has 0 fully saturated rings. The van der Waals surface area contributed by atoms with Crippen molar-refractivity contribution in [3.05, 3.63) is 64.9 Å². The third-order valence-electron chi connectivity index (χ3n) is 3.71. The van der Waals surface area contributed by atoms with Crippen LogP contribution in [0.3, 0.4) is 0 Å². The van der Waals surface area contributed by atoms with Gasteiger partial charge < -0.3 is 9.84 Å². The summed E-state index contributed by atoms with van der Waals surface area (Å²) in [5.41, 5.74) is 1.10. The van der Waals surface area contributed by atoms with Gasteiger partial charge in [0, 0.05) is 17.0 Å². The Kier molecular flexibility index (Phi) is 4.10. The molecule has 8 heteroatoms. The Morgan fingerprint density at radius 2 is 2.08 bits per heavy atom. The SMILES string of the molecule is Cc1ccc(-c2cc(NC(=O)c3cc(-c4ccccc4F)on3)n[nH]2)s1. The Balaban J connectivity index is 1.51. The molecule has 4 rings (SSSR count). The molecule has 0 saturated heterocycles. The van der Waals surface area contributed by atoms with Gasteiger partial charge in [0.15, 0.2) is 17.3 Å². The molecule has 2 N–H and O–H groups in total. The smallest absolute Gasteiger partial charge is 0.279 e. The van der Waals surface area contributed by atoms with E-state index < -0.39 is 11.7 Å². The van der Waals surface area contributed by atoms with Crippen molar-refractivity contribution < 1.29 is 13.7 Å². The number of rotatable bonds is 4. The van der Waals surface area contributed by atoms with Crippen LogP contribution in [0.1, 0.15) is 15.4 Å². The number of amides is 1. The summed E-state index contributed by atoms with van der Waals surface area (Å²) in [6.45, 7) is 2.02. The van der Waals surface area contributed by atoms with Crippen molar-refractivity contribution in [3.63, 3.8) is 0 Å². The molecule has 1 amide bonds. The summed E-state index contributed by atoms with van der Waals surface area (Å²) in [4.78, 5) is 14.5. The molecule has 0 saturated carbocycles. The monoisotopic (exact) mass is 368 g/mol. The van der Waals surface area contributed by atoms with Gasteiger partial charge in [-0.15, -0.1) is 11.3 Å². The van der Waals surface area contributed by atoms with E-state index in [0.717, 1.165) is 10.6 Å². The first-order valence-electron chi connectivity index (χ1n) is 7.75. The van der Waals surface area contributed by atoms with E-state index in [4.69, 9.17) is 4.52 Å². The van der Waals surface area contributed by atoms with Crippen LogP contribution in [0.5, 0.6) is 0 Å². The zero-order valence-corrected chi connectivity index (χ0v) is 14.4. The Bertz CT molecular complexity index is 1080. The molecule has 3 heterocycles. The quantitative estimate of drug-likeness (QED) is 0.556. The molecule has 0 radical (unpaired) electrons. The lowest BCUT2D eigenvalue weighted by molar-refractivity contribution is 0.101. The first-order valence-corrected chi connectivity index (χ1v) is 8.57. The van der Waals surface area contributed by atoms with Crippen LogP contribution in [0.25, 0.3) is 21.9 Å². The highest BCUT2D eigenvalue weighted by atomic mass is 32.1. The van der Waals surface area contributed by atoms with Crippen LogP contribution in [-0.2, 0) is 0 Å². The number of carbonyl (C=O) groups is 1. The highest BCUT2D eigenvalue weighted by Crippen LogP contribution is 2.28. The number of nitrogens with zero attached hydrogens (tertiary/aromatic N) is 2. The van der Waals surface area contributed by atoms with Crippen LogP contribution in [-0.4, -0.2) is 21.3 Å². The zero-order chi connectivity index (χ0) is 18.1. The molecule has 0 spiro atoms. The minimum atomic E-state index is -0.489. The molecular weight excluding hydrogens is 355 g/mol. The van der Waals surface area contributed by atoms with Crippen molar-refractivity contribution in [1.29, 1.82) is 0 Å². The van der Waals surface area contributed by atoms with Gasteiger partial charge in [0.05, 0.1) is 16.1 Å². The van der Waals surface area contributed by atoms with Gasteiger partial charge in [-0.1, -0.05) is 17.3 Å². The van der Waals surface area contributed by atoms with E-state index in [-0.39, 0.29) is 17.0 Å². The number of H-pyrrole nitrogens is 1. The molecule has 26 heavy (non-hydrogen) atoms. The second-order valence-electron chi connectivity index (χ2n) is 5.59. The third-order valence-corrected chi connectivity index (χ3v) is 4.74. The van der Waals surface area contributed by atoms with E-state index in [1.54, 1.807) is 35.6 Å². The van der Waals surface area contributed by atoms with E-state index in [1.165, 1.54) is 17.0 Å². The van der Waals surface area contributed by atoms with Crippen LogP contribution in [0, 0.1) is 12.7 Å². The van der Waals surface area contributed by atoms with E-state index in [1.807, 2.05) is 19.1 Å². The fraction of sp³-hybridized carbons (Fsp3) is 0.0556. The molecule has 3 aromatic heterocycles. The summed E-state index contributed by atoms with van der Waals surface area (Å²) >= 11 is 1.62. The van der Waals surface area contributed by atoms with Gasteiger partial charge in [-0.25, -0.2) is 4.39 Å². The number of anilines is 1. The summed E-state index contributed by atoms with van der Waals surface area (Å²) in [5, 5.41) is 13.3. The van der Waals surface area contributed by atoms with Crippen LogP contribution in [0.4, 0.5) is 10.2 Å². The highest BCUT2D eigenvalue weighted by Gasteiger charge is 2.17. The lowest BCUT2D eigenvalue weighted by Crippen LogP contribution is -2.12. The molecule has 130 valence electrons. The number of halogens is 1. The van der Waals surface area contributed by atoms with Gasteiger partial charge in [0.1, 0.15) is 5.82 Å². The fourth-order valence-electron chi connectivity index (χ4n) is 2.44. The first kappa shape index (κ1) is 16.2. The van der Waals surface area contributed by atoms with E-state index in [9.17, 15) is 9.18 Å². The Hall–Kier alpha value is -3.26. The maximum atomic E-state index is 13.8. The van der Waals surface area contributed by atoms with Crippen molar-refractivity contribution in [2.24, 2.45) is 0 Å². The second kappa shape index (κ2) is 6.57. The number of benzene rings is 1. The van der Waals surface area contributed by atoms with Gasteiger partial charge in [-0.3, -0.25) is 9.89 Å². The summed E-state index contributed by atoms with van der Waals surface area (Å²) in [6.07, 6.45) is 0. The lowest BCUT2D eigenvalue weighted by atomic mass is 10.1. The topological polar surface area (TPSA) is 83.8 Å². The van der Waals surface area contributed by atoms with Crippen molar-refractivity contribution >= 4 is 23.1 Å². The van der Waals surface area contributed by atoms with Crippen molar-refractivity contribution in [2.75, 3.05) is 5.32 Å². The van der Waals surface area contributed by atoms with Gasteiger partial charge >= 0.3 is 0 Å². The molecule has 0 unspecified atom stereocenters. The predicted molar refractivity (Wildman–Crippen MR) is 96.5 cm³/mol. The minimum absolute atomic E-state index is 0.0415. The molecule has 6 nitrogen and oxygen atoms in total. The van der Waals surface area contributed by atoms with Crippen molar-refractivity contribution in [2.45, 2.75) is 6.92 Å². The number of aryl methyl sites for hydroxylation is 1. The van der Waals surface area contributed by atoms with E-state index in [0.29, 0.717) is 5.82 Å². The summed E-state index contributed by atoms with van der Waals surface area (Å²) < 4.78 is 18.9. The number of aromatic amines is 1. The Morgan fingerprint density at radius 1 is 1.23 bits per heavy atom. The predicted octanol–water partition coefficient (Wildman–Crippen LogP) is 4.49. The van der Waals surface area contributed by atoms with Crippen LogP contribution >= 0.6 is 11.3 Å². The van der Waals surface area contributed by atoms with Crippen molar-refractivity contribution in [3.8, 4) is 21.9 Å². The van der Waals surface area contributed by atoms with Crippen LogP contribution in [0.2, 0.25) is 0 Å². The molecule has 0 aliphatic carbocycles. The molecular formula is C18H13FN4O2S. The normalized spacial score (nSPS) is 10.8. The average Bonchev–Trinajstić information content (AvgIpc) is 3.35. The van der Waals surface area contributed by atoms with Gasteiger partial charge in [-0.2, -0.15) is 5.10 Å². The minimum Gasteiger partial charge on any atom is -0.355 e. The van der Waals surface area contributed by atoms with Gasteiger partial charge in [0.25, 0.3) is 5.91 Å². The largest absolute Gasteiger partial charge is 0.355 e. The number of aromatic nitrogens is 3. The average molecular weight is 368 g/mol. The molecule has 0 aliphatic rings. The van der Waals surface area contributed by atoms with Gasteiger partial charge in [0.2, 0.25) is 0 Å². The number of nitrogens with one attached hydrogen (secondary N) is 2. The standard InChI is InChI=1S/C18H13FN4O2S/c1-10-6-7-16(26-10)13-9-17(22-21-13)20-18(24)14-8-15(25-23-14)11-4-2-3-5-12(11)19/h2-9H,1H3,(H2,20,21,22,24). The molecule has 0 bridgehead atoms. The summed E-state index contributed by atoms with van der Waals surface area (Å²) in [6, 6.07) is 13.3. The Labute approximate surface area is 151 Å². The zero-order valence-electron chi connectivity index (χ0n) is 13.6. The summed E-state index contributed by atoms with van der Waals surface area (Å²) in [5.74, 6) is -0.382. The van der Waals surface area contributed by atoms with Crippen LogP contribution in [0.15, 0.2) is 53.1 Å². The molecule has 0 aliphatic heterocycles. The number of carbonyl (C=O) groups excluding carboxylic acids is 1.